The number of nitriles is 1. The molecule has 0 heterocycles. The van der Waals surface area contributed by atoms with Crippen molar-refractivity contribution >= 4 is 11.8 Å². The summed E-state index contributed by atoms with van der Waals surface area (Å²) in [6.45, 7) is 4.11. The molecule has 0 spiro atoms. The number of allylic oxidation sites excluding steroid dienone is 3. The lowest BCUT2D eigenvalue weighted by Crippen LogP contribution is -2.28. The van der Waals surface area contributed by atoms with Gasteiger partial charge in [-0.15, -0.1) is 0 Å². The van der Waals surface area contributed by atoms with E-state index in [1.807, 2.05) is 18.2 Å². The lowest BCUT2D eigenvalue weighted by molar-refractivity contribution is 0.768. The van der Waals surface area contributed by atoms with Crippen molar-refractivity contribution in [3.8, 4) is 39.4 Å². The molecule has 0 saturated carbocycles. The summed E-state index contributed by atoms with van der Waals surface area (Å²) >= 11 is 0. The van der Waals surface area contributed by atoms with Gasteiger partial charge in [0, 0.05) is 6.21 Å². The van der Waals surface area contributed by atoms with E-state index < -0.39 is 5.41 Å². The molecular weight excluding hydrogens is 544 g/mol. The van der Waals surface area contributed by atoms with Gasteiger partial charge in [-0.05, 0) is 85.0 Å². The summed E-state index contributed by atoms with van der Waals surface area (Å²) in [6.07, 6.45) is 2.70. The van der Waals surface area contributed by atoms with Crippen LogP contribution in [-0.2, 0) is 5.41 Å². The summed E-state index contributed by atoms with van der Waals surface area (Å²) in [5.41, 5.74) is 13.6. The summed E-state index contributed by atoms with van der Waals surface area (Å²) in [4.78, 5) is 0. The molecule has 0 aliphatic heterocycles. The number of hydrogen-bond acceptors (Lipinski definition) is 2. The summed E-state index contributed by atoms with van der Waals surface area (Å²) < 4.78 is 0. The van der Waals surface area contributed by atoms with E-state index in [1.54, 1.807) is 6.08 Å². The lowest BCUT2D eigenvalue weighted by atomic mass is 9.67. The molecule has 2 nitrogen and oxygen atoms in total. The second-order valence-electron chi connectivity index (χ2n) is 11.3. The Hall–Kier alpha value is -6.04. The van der Waals surface area contributed by atoms with Gasteiger partial charge in [0.15, 0.2) is 0 Å². The summed E-state index contributed by atoms with van der Waals surface area (Å²) in [5.74, 6) is 0. The molecule has 0 aromatic heterocycles. The molecule has 2 heteroatoms. The van der Waals surface area contributed by atoms with Crippen LogP contribution in [0.15, 0.2) is 170 Å². The van der Waals surface area contributed by atoms with E-state index in [0.717, 1.165) is 22.9 Å². The van der Waals surface area contributed by atoms with Crippen LogP contribution in [0.3, 0.4) is 0 Å². The van der Waals surface area contributed by atoms with E-state index in [2.05, 4.69) is 146 Å². The fraction of sp³-hybridized carbons (Fsp3) is 0.0233. The molecule has 0 saturated heterocycles. The first-order valence-electron chi connectivity index (χ1n) is 15.0. The maximum absolute atomic E-state index is 9.21. The fourth-order valence-electron chi connectivity index (χ4n) is 6.74. The Morgan fingerprint density at radius 1 is 0.578 bits per heavy atom. The summed E-state index contributed by atoms with van der Waals surface area (Å²) in [5, 5.41) is 16.6. The van der Waals surface area contributed by atoms with Crippen LogP contribution in [0.1, 0.15) is 27.8 Å². The van der Waals surface area contributed by atoms with Crippen LogP contribution in [0.4, 0.5) is 0 Å². The van der Waals surface area contributed by atoms with Gasteiger partial charge in [0.05, 0.1) is 11.0 Å². The largest absolute Gasteiger partial charge is 0.307 e. The average molecular weight is 575 g/mol. The third-order valence-electron chi connectivity index (χ3n) is 8.86. The van der Waals surface area contributed by atoms with E-state index in [9.17, 15) is 5.26 Å². The Bertz CT molecular complexity index is 2080. The van der Waals surface area contributed by atoms with Gasteiger partial charge >= 0.3 is 0 Å². The van der Waals surface area contributed by atoms with Gasteiger partial charge in [0.2, 0.25) is 0 Å². The highest BCUT2D eigenvalue weighted by Crippen LogP contribution is 2.57. The number of hydrogen-bond donors (Lipinski definition) is 1. The van der Waals surface area contributed by atoms with Gasteiger partial charge in [0.1, 0.15) is 6.07 Å². The van der Waals surface area contributed by atoms with Gasteiger partial charge in [0.25, 0.3) is 0 Å². The molecule has 6 aromatic rings. The molecule has 1 N–H and O–H groups in total. The van der Waals surface area contributed by atoms with Crippen molar-refractivity contribution in [2.75, 3.05) is 0 Å². The molecule has 45 heavy (non-hydrogen) atoms. The van der Waals surface area contributed by atoms with Crippen LogP contribution >= 0.6 is 0 Å². The van der Waals surface area contributed by atoms with Gasteiger partial charge in [-0.25, -0.2) is 0 Å². The Labute approximate surface area is 264 Å². The van der Waals surface area contributed by atoms with E-state index in [1.165, 1.54) is 44.5 Å². The standard InChI is InChI=1S/C43H30N2/c1-30(25-31(28-44)29-45)32-17-19-34(20-18-32)36-22-24-42-40(27-36)39-26-35(33-11-5-2-6-12-33)21-23-41(39)43(42,37-13-7-3-8-14-37)38-15-9-4-10-16-38/h2-28,44H,1H2/b31-25+,44-28?. The molecule has 0 atom stereocenters. The monoisotopic (exact) mass is 574 g/mol. The van der Waals surface area contributed by atoms with Gasteiger partial charge in [-0.3, -0.25) is 0 Å². The van der Waals surface area contributed by atoms with Gasteiger partial charge in [-0.1, -0.05) is 146 Å². The third kappa shape index (κ3) is 4.72. The number of fused-ring (bicyclic) bond motifs is 3. The first-order chi connectivity index (χ1) is 22.1. The van der Waals surface area contributed by atoms with E-state index in [0.29, 0.717) is 5.57 Å². The quantitative estimate of drug-likeness (QED) is 0.115. The molecule has 0 amide bonds. The number of nitrogens with one attached hydrogen (secondary N) is 1. The second-order valence-corrected chi connectivity index (χ2v) is 11.3. The number of benzene rings is 6. The van der Waals surface area contributed by atoms with Crippen LogP contribution in [0.2, 0.25) is 0 Å². The van der Waals surface area contributed by atoms with Crippen LogP contribution in [0.25, 0.3) is 39.0 Å². The first kappa shape index (κ1) is 27.8. The minimum atomic E-state index is -0.456. The van der Waals surface area contributed by atoms with Crippen LogP contribution < -0.4 is 0 Å². The fourth-order valence-corrected chi connectivity index (χ4v) is 6.74. The predicted octanol–water partition coefficient (Wildman–Crippen LogP) is 10.5. The number of nitrogens with zero attached hydrogens (tertiary/aromatic N) is 1. The minimum absolute atomic E-state index is 0.275. The molecule has 0 bridgehead atoms. The molecule has 0 fully saturated rings. The van der Waals surface area contributed by atoms with Crippen molar-refractivity contribution in [1.29, 1.82) is 10.7 Å². The number of rotatable bonds is 7. The zero-order chi connectivity index (χ0) is 30.8. The molecule has 1 aliphatic rings. The first-order valence-corrected chi connectivity index (χ1v) is 15.0. The second kappa shape index (κ2) is 11.6. The third-order valence-corrected chi connectivity index (χ3v) is 8.86. The molecule has 0 unspecified atom stereocenters. The van der Waals surface area contributed by atoms with Gasteiger partial charge < -0.3 is 5.41 Å². The molecule has 0 radical (unpaired) electrons. The molecular formula is C43H30N2. The summed E-state index contributed by atoms with van der Waals surface area (Å²) in [6, 6.07) is 56.4. The maximum Gasteiger partial charge on any atom is 0.101 e. The van der Waals surface area contributed by atoms with Crippen molar-refractivity contribution in [2.45, 2.75) is 5.41 Å². The highest BCUT2D eigenvalue weighted by molar-refractivity contribution is 5.91. The Balaban J connectivity index is 1.43. The van der Waals surface area contributed by atoms with E-state index in [-0.39, 0.29) is 5.57 Å². The average Bonchev–Trinajstić information content (AvgIpc) is 3.41. The zero-order valence-corrected chi connectivity index (χ0v) is 24.7. The SMILES string of the molecule is C=C(/C=C(/C#N)C=N)c1ccc(-c2ccc3c(c2)-c2cc(-c4ccccc4)ccc2C3(c2ccccc2)c2ccccc2)cc1. The lowest BCUT2D eigenvalue weighted by Gasteiger charge is -2.34. The smallest absolute Gasteiger partial charge is 0.101 e. The van der Waals surface area contributed by atoms with Crippen molar-refractivity contribution < 1.29 is 0 Å². The van der Waals surface area contributed by atoms with Crippen LogP contribution in [-0.4, -0.2) is 6.21 Å². The predicted molar refractivity (Wildman–Crippen MR) is 186 cm³/mol. The topological polar surface area (TPSA) is 47.6 Å². The Kier molecular flexibility index (Phi) is 7.14. The Morgan fingerprint density at radius 3 is 1.49 bits per heavy atom. The van der Waals surface area contributed by atoms with Crippen molar-refractivity contribution in [1.82, 2.24) is 0 Å². The highest BCUT2D eigenvalue weighted by atomic mass is 14.5. The Morgan fingerprint density at radius 2 is 1.02 bits per heavy atom. The van der Waals surface area contributed by atoms with Gasteiger partial charge in [-0.2, -0.15) is 5.26 Å². The van der Waals surface area contributed by atoms with E-state index in [4.69, 9.17) is 5.41 Å². The van der Waals surface area contributed by atoms with Crippen molar-refractivity contribution in [3.05, 3.63) is 198 Å². The zero-order valence-electron chi connectivity index (χ0n) is 24.7. The van der Waals surface area contributed by atoms with Crippen LogP contribution in [0, 0.1) is 16.7 Å². The van der Waals surface area contributed by atoms with Crippen LogP contribution in [0.5, 0.6) is 0 Å². The minimum Gasteiger partial charge on any atom is -0.307 e. The molecule has 1 aliphatic carbocycles. The molecule has 212 valence electrons. The van der Waals surface area contributed by atoms with Crippen molar-refractivity contribution in [3.63, 3.8) is 0 Å². The van der Waals surface area contributed by atoms with Crippen molar-refractivity contribution in [2.24, 2.45) is 0 Å². The molecule has 6 aromatic carbocycles. The van der Waals surface area contributed by atoms with E-state index >= 15 is 0 Å². The highest BCUT2D eigenvalue weighted by Gasteiger charge is 2.46. The summed E-state index contributed by atoms with van der Waals surface area (Å²) in [7, 11) is 0. The normalized spacial score (nSPS) is 12.9. The molecule has 7 rings (SSSR count). The maximum atomic E-state index is 9.21.